The summed E-state index contributed by atoms with van der Waals surface area (Å²) in [6.45, 7) is 4.99. The summed E-state index contributed by atoms with van der Waals surface area (Å²) >= 11 is 0. The van der Waals surface area contributed by atoms with Crippen molar-refractivity contribution < 1.29 is 23.9 Å². The Morgan fingerprint density at radius 2 is 1.75 bits per heavy atom. The maximum Gasteiger partial charge on any atom is 0.320 e. The van der Waals surface area contributed by atoms with E-state index in [4.69, 9.17) is 4.42 Å². The minimum absolute atomic E-state index is 0.117. The van der Waals surface area contributed by atoms with Gasteiger partial charge in [0.15, 0.2) is 5.78 Å². The number of Topliss-reactive ketones (excluding diaryl/α,β-unsaturated/α-hetero) is 2. The lowest BCUT2D eigenvalue weighted by atomic mass is 9.97. The molecule has 7 nitrogen and oxygen atoms in total. The number of carbonyl (C=O) groups is 3. The van der Waals surface area contributed by atoms with Gasteiger partial charge in [-0.15, -0.1) is 0 Å². The van der Waals surface area contributed by atoms with Crippen LogP contribution < -0.4 is 10.6 Å². The summed E-state index contributed by atoms with van der Waals surface area (Å²) in [6, 6.07) is 7.56. The fourth-order valence-electron chi connectivity index (χ4n) is 2.92. The monoisotopic (exact) mass is 386 g/mol. The molecule has 7 heteroatoms. The quantitative estimate of drug-likeness (QED) is 0.509. The average Bonchev–Trinajstić information content (AvgIpc) is 3.06. The largest absolute Gasteiger partial charge is 0.480 e. The topological polar surface area (TPSA) is 109 Å². The van der Waals surface area contributed by atoms with Gasteiger partial charge in [0.1, 0.15) is 12.3 Å². The van der Waals surface area contributed by atoms with Gasteiger partial charge in [0.25, 0.3) is 0 Å². The molecule has 3 N–H and O–H groups in total. The predicted octanol–water partition coefficient (Wildman–Crippen LogP) is 3.18. The van der Waals surface area contributed by atoms with Crippen LogP contribution in [-0.4, -0.2) is 34.7 Å². The van der Waals surface area contributed by atoms with E-state index in [1.807, 2.05) is 44.2 Å². The molecule has 150 valence electrons. The molecular formula is C21H26N2O5. The van der Waals surface area contributed by atoms with Gasteiger partial charge in [-0.05, 0) is 24.5 Å². The first-order valence-corrected chi connectivity index (χ1v) is 9.18. The van der Waals surface area contributed by atoms with Crippen LogP contribution in [0.15, 0.2) is 47.3 Å². The molecule has 0 aliphatic rings. The number of carboxylic acids is 1. The minimum atomic E-state index is -1.05. The molecule has 0 bridgehead atoms. The van der Waals surface area contributed by atoms with Crippen LogP contribution >= 0.6 is 0 Å². The number of rotatable bonds is 11. The number of ketones is 2. The molecule has 1 heterocycles. The lowest BCUT2D eigenvalue weighted by Gasteiger charge is -2.23. The summed E-state index contributed by atoms with van der Waals surface area (Å²) in [4.78, 5) is 35.7. The number of benzene rings is 1. The SMILES string of the molecule is CC(=O)C(=O)C(Cc1cocc1Nc1ccccc1)NC(CC(C)C)C(=O)O. The second-order valence-electron chi connectivity index (χ2n) is 7.17. The number of carboxylic acid groups (broad SMARTS) is 1. The second kappa shape index (κ2) is 9.85. The molecule has 0 spiro atoms. The van der Waals surface area contributed by atoms with Gasteiger partial charge in [0.2, 0.25) is 5.78 Å². The minimum Gasteiger partial charge on any atom is -0.480 e. The number of furan rings is 1. The van der Waals surface area contributed by atoms with Crippen LogP contribution in [0.2, 0.25) is 0 Å². The Balaban J connectivity index is 2.21. The first-order chi connectivity index (χ1) is 13.3. The lowest BCUT2D eigenvalue weighted by molar-refractivity contribution is -0.141. The molecule has 0 saturated heterocycles. The van der Waals surface area contributed by atoms with Crippen molar-refractivity contribution in [3.63, 3.8) is 0 Å². The summed E-state index contributed by atoms with van der Waals surface area (Å²) in [7, 11) is 0. The molecule has 0 radical (unpaired) electrons. The zero-order chi connectivity index (χ0) is 20.7. The van der Waals surface area contributed by atoms with E-state index in [0.29, 0.717) is 17.7 Å². The van der Waals surface area contributed by atoms with E-state index in [2.05, 4.69) is 10.6 Å². The van der Waals surface area contributed by atoms with Crippen molar-refractivity contribution >= 4 is 28.9 Å². The number of anilines is 2. The van der Waals surface area contributed by atoms with E-state index < -0.39 is 29.6 Å². The van der Waals surface area contributed by atoms with Crippen molar-refractivity contribution in [1.82, 2.24) is 5.32 Å². The van der Waals surface area contributed by atoms with E-state index in [0.717, 1.165) is 5.69 Å². The Bertz CT molecular complexity index is 813. The fourth-order valence-corrected chi connectivity index (χ4v) is 2.92. The normalized spacial score (nSPS) is 13.1. The Labute approximate surface area is 164 Å². The molecular weight excluding hydrogens is 360 g/mol. The number of hydrogen-bond donors (Lipinski definition) is 3. The van der Waals surface area contributed by atoms with Crippen molar-refractivity contribution in [3.05, 3.63) is 48.4 Å². The standard InChI is InChI=1S/C21H26N2O5/c1-13(2)9-18(21(26)27)23-17(20(25)14(3)24)10-15-11-28-12-19(15)22-16-7-5-4-6-8-16/h4-8,11-13,17-18,22-23H,9-10H2,1-3H3,(H,26,27). The molecule has 1 aromatic carbocycles. The van der Waals surface area contributed by atoms with E-state index in [1.54, 1.807) is 0 Å². The number of aliphatic carboxylic acids is 1. The van der Waals surface area contributed by atoms with Gasteiger partial charge in [-0.1, -0.05) is 32.0 Å². The van der Waals surface area contributed by atoms with Crippen molar-refractivity contribution in [2.24, 2.45) is 5.92 Å². The highest BCUT2D eigenvalue weighted by Crippen LogP contribution is 2.24. The third kappa shape index (κ3) is 6.06. The van der Waals surface area contributed by atoms with Crippen LogP contribution in [0.1, 0.15) is 32.8 Å². The van der Waals surface area contributed by atoms with Crippen LogP contribution in [0.3, 0.4) is 0 Å². The van der Waals surface area contributed by atoms with Crippen molar-refractivity contribution in [1.29, 1.82) is 0 Å². The highest BCUT2D eigenvalue weighted by Gasteiger charge is 2.30. The smallest absolute Gasteiger partial charge is 0.320 e. The molecule has 1 aromatic heterocycles. The number of hydrogen-bond acceptors (Lipinski definition) is 6. The molecule has 0 aliphatic heterocycles. The highest BCUT2D eigenvalue weighted by atomic mass is 16.4. The van der Waals surface area contributed by atoms with E-state index in [9.17, 15) is 19.5 Å². The summed E-state index contributed by atoms with van der Waals surface area (Å²) in [5.41, 5.74) is 2.17. The van der Waals surface area contributed by atoms with Crippen LogP contribution in [0.5, 0.6) is 0 Å². The zero-order valence-corrected chi connectivity index (χ0v) is 16.3. The predicted molar refractivity (Wildman–Crippen MR) is 106 cm³/mol. The van der Waals surface area contributed by atoms with Crippen molar-refractivity contribution in [2.45, 2.75) is 45.7 Å². The van der Waals surface area contributed by atoms with Crippen LogP contribution in [0.25, 0.3) is 0 Å². The number of nitrogens with one attached hydrogen (secondary N) is 2. The summed E-state index contributed by atoms with van der Waals surface area (Å²) in [5, 5.41) is 15.5. The van der Waals surface area contributed by atoms with E-state index >= 15 is 0 Å². The Hall–Kier alpha value is -2.93. The van der Waals surface area contributed by atoms with Gasteiger partial charge in [-0.2, -0.15) is 0 Å². The molecule has 2 atom stereocenters. The summed E-state index contributed by atoms with van der Waals surface area (Å²) in [6.07, 6.45) is 3.48. The van der Waals surface area contributed by atoms with Gasteiger partial charge < -0.3 is 14.8 Å². The first kappa shape index (κ1) is 21.4. The van der Waals surface area contributed by atoms with Gasteiger partial charge in [0, 0.05) is 24.6 Å². The Morgan fingerprint density at radius 3 is 2.32 bits per heavy atom. The highest BCUT2D eigenvalue weighted by molar-refractivity contribution is 6.38. The van der Waals surface area contributed by atoms with Gasteiger partial charge in [-0.25, -0.2) is 0 Å². The third-order valence-electron chi connectivity index (χ3n) is 4.29. The maximum absolute atomic E-state index is 12.4. The molecule has 28 heavy (non-hydrogen) atoms. The molecule has 2 rings (SSSR count). The van der Waals surface area contributed by atoms with E-state index in [-0.39, 0.29) is 12.3 Å². The lowest BCUT2D eigenvalue weighted by Crippen LogP contribution is -2.50. The first-order valence-electron chi connectivity index (χ1n) is 9.18. The fraction of sp³-hybridized carbons (Fsp3) is 0.381. The molecule has 2 unspecified atom stereocenters. The van der Waals surface area contributed by atoms with Crippen LogP contribution in [0, 0.1) is 5.92 Å². The molecule has 0 saturated carbocycles. The number of para-hydroxylation sites is 1. The van der Waals surface area contributed by atoms with Crippen LogP contribution in [0.4, 0.5) is 11.4 Å². The number of carbonyl (C=O) groups excluding carboxylic acids is 2. The molecule has 0 fully saturated rings. The van der Waals surface area contributed by atoms with Gasteiger partial charge in [0.05, 0.1) is 18.0 Å². The zero-order valence-electron chi connectivity index (χ0n) is 16.3. The maximum atomic E-state index is 12.4. The van der Waals surface area contributed by atoms with Gasteiger partial charge >= 0.3 is 5.97 Å². The third-order valence-corrected chi connectivity index (χ3v) is 4.29. The Morgan fingerprint density at radius 1 is 1.07 bits per heavy atom. The van der Waals surface area contributed by atoms with Crippen molar-refractivity contribution in [2.75, 3.05) is 5.32 Å². The summed E-state index contributed by atoms with van der Waals surface area (Å²) < 4.78 is 5.27. The molecule has 0 aliphatic carbocycles. The van der Waals surface area contributed by atoms with Crippen molar-refractivity contribution in [3.8, 4) is 0 Å². The van der Waals surface area contributed by atoms with Gasteiger partial charge in [-0.3, -0.25) is 19.7 Å². The molecule has 0 amide bonds. The average molecular weight is 386 g/mol. The van der Waals surface area contributed by atoms with Crippen LogP contribution in [-0.2, 0) is 20.8 Å². The van der Waals surface area contributed by atoms with E-state index in [1.165, 1.54) is 19.5 Å². The molecule has 2 aromatic rings. The second-order valence-corrected chi connectivity index (χ2v) is 7.17. The Kier molecular flexibility index (Phi) is 7.52. The summed E-state index contributed by atoms with van der Waals surface area (Å²) in [5.74, 6) is -2.20.